The third-order valence-corrected chi connectivity index (χ3v) is 6.28. The van der Waals surface area contributed by atoms with Crippen LogP contribution in [0.25, 0.3) is 22.3 Å². The number of alkyl halides is 3. The molecule has 0 atom stereocenters. The standard InChI is InChI=1S/C26H21F7O/c1-14-2-4-15(5-3-14)16-6-8-17(9-7-16)18-10-20(27)24(21(28)11-18)19-12-22(29)25(23(30)13-19)34-26(31,32)33/h6-15H,2-5H2,1H3. The van der Waals surface area contributed by atoms with E-state index in [4.69, 9.17) is 0 Å². The van der Waals surface area contributed by atoms with Crippen LogP contribution in [-0.2, 0) is 0 Å². The minimum Gasteiger partial charge on any atom is -0.399 e. The van der Waals surface area contributed by atoms with E-state index in [-0.39, 0.29) is 5.56 Å². The molecule has 4 rings (SSSR count). The Morgan fingerprint density at radius 2 is 1.18 bits per heavy atom. The Morgan fingerprint density at radius 1 is 0.676 bits per heavy atom. The summed E-state index contributed by atoms with van der Waals surface area (Å²) in [5.74, 6) is -6.20. The fourth-order valence-electron chi connectivity index (χ4n) is 4.47. The third-order valence-electron chi connectivity index (χ3n) is 6.28. The lowest BCUT2D eigenvalue weighted by molar-refractivity contribution is -0.276. The molecule has 34 heavy (non-hydrogen) atoms. The van der Waals surface area contributed by atoms with Gasteiger partial charge in [0.15, 0.2) is 11.6 Å². The SMILES string of the molecule is CC1CCC(c2ccc(-c3cc(F)c(-c4cc(F)c(OC(F)(F)F)c(F)c4)c(F)c3)cc2)CC1. The van der Waals surface area contributed by atoms with Crippen molar-refractivity contribution in [1.82, 2.24) is 0 Å². The second-order valence-corrected chi connectivity index (χ2v) is 8.71. The Labute approximate surface area is 192 Å². The highest BCUT2D eigenvalue weighted by molar-refractivity contribution is 5.72. The summed E-state index contributed by atoms with van der Waals surface area (Å²) in [6, 6.07) is 10.2. The van der Waals surface area contributed by atoms with E-state index >= 15 is 0 Å². The van der Waals surface area contributed by atoms with Gasteiger partial charge in [-0.25, -0.2) is 17.6 Å². The number of rotatable bonds is 4. The van der Waals surface area contributed by atoms with Gasteiger partial charge >= 0.3 is 6.36 Å². The lowest BCUT2D eigenvalue weighted by atomic mass is 9.79. The van der Waals surface area contributed by atoms with Crippen LogP contribution in [0.2, 0.25) is 0 Å². The van der Waals surface area contributed by atoms with Crippen LogP contribution in [0.3, 0.4) is 0 Å². The maximum absolute atomic E-state index is 14.8. The molecule has 0 unspecified atom stereocenters. The summed E-state index contributed by atoms with van der Waals surface area (Å²) in [6.45, 7) is 2.24. The molecular formula is C26H21F7O. The van der Waals surface area contributed by atoms with Gasteiger partial charge in [-0.3, -0.25) is 0 Å². The molecule has 3 aromatic rings. The number of ether oxygens (including phenoxy) is 1. The lowest BCUT2D eigenvalue weighted by Gasteiger charge is -2.26. The van der Waals surface area contributed by atoms with Gasteiger partial charge in [0.25, 0.3) is 0 Å². The fraction of sp³-hybridized carbons (Fsp3) is 0.308. The van der Waals surface area contributed by atoms with Gasteiger partial charge in [-0.05, 0) is 71.2 Å². The Hall–Kier alpha value is -3.03. The largest absolute Gasteiger partial charge is 0.573 e. The highest BCUT2D eigenvalue weighted by Crippen LogP contribution is 2.38. The average molecular weight is 482 g/mol. The summed E-state index contributed by atoms with van der Waals surface area (Å²) in [4.78, 5) is 0. The van der Waals surface area contributed by atoms with Gasteiger partial charge in [0.1, 0.15) is 11.6 Å². The number of halogens is 7. The van der Waals surface area contributed by atoms with Crippen LogP contribution in [0.1, 0.15) is 44.1 Å². The van der Waals surface area contributed by atoms with Gasteiger partial charge in [-0.15, -0.1) is 13.2 Å². The predicted octanol–water partition coefficient (Wildman–Crippen LogP) is 8.77. The fourth-order valence-corrected chi connectivity index (χ4v) is 4.47. The monoisotopic (exact) mass is 482 g/mol. The number of hydrogen-bond acceptors (Lipinski definition) is 1. The maximum atomic E-state index is 14.8. The number of hydrogen-bond donors (Lipinski definition) is 0. The van der Waals surface area contributed by atoms with Crippen LogP contribution < -0.4 is 4.74 Å². The van der Waals surface area contributed by atoms with Crippen molar-refractivity contribution in [1.29, 1.82) is 0 Å². The summed E-state index contributed by atoms with van der Waals surface area (Å²) < 4.78 is 98.0. The highest BCUT2D eigenvalue weighted by Gasteiger charge is 2.34. The molecule has 0 aromatic heterocycles. The quantitative estimate of drug-likeness (QED) is 0.338. The van der Waals surface area contributed by atoms with Crippen LogP contribution in [0.4, 0.5) is 30.7 Å². The van der Waals surface area contributed by atoms with Gasteiger partial charge in [0.2, 0.25) is 5.75 Å². The molecule has 0 N–H and O–H groups in total. The molecule has 0 spiro atoms. The van der Waals surface area contributed by atoms with Crippen molar-refractivity contribution in [2.24, 2.45) is 5.92 Å². The van der Waals surface area contributed by atoms with Gasteiger partial charge < -0.3 is 4.74 Å². The van der Waals surface area contributed by atoms with Crippen molar-refractivity contribution in [3.05, 3.63) is 77.4 Å². The van der Waals surface area contributed by atoms with E-state index in [0.29, 0.717) is 23.6 Å². The molecule has 1 saturated carbocycles. The van der Waals surface area contributed by atoms with Gasteiger partial charge in [-0.1, -0.05) is 44.0 Å². The van der Waals surface area contributed by atoms with Gasteiger partial charge in [0.05, 0.1) is 5.56 Å². The van der Waals surface area contributed by atoms with Crippen molar-refractivity contribution in [2.45, 2.75) is 44.9 Å². The van der Waals surface area contributed by atoms with Crippen LogP contribution in [-0.4, -0.2) is 6.36 Å². The minimum absolute atomic E-state index is 0.223. The first-order valence-electron chi connectivity index (χ1n) is 10.9. The van der Waals surface area contributed by atoms with Gasteiger partial charge in [0, 0.05) is 0 Å². The molecule has 0 radical (unpaired) electrons. The first-order valence-corrected chi connectivity index (χ1v) is 10.9. The topological polar surface area (TPSA) is 9.23 Å². The highest BCUT2D eigenvalue weighted by atomic mass is 19.4. The van der Waals surface area contributed by atoms with Crippen LogP contribution in [0.15, 0.2) is 48.5 Å². The molecule has 0 amide bonds. The van der Waals surface area contributed by atoms with Crippen molar-refractivity contribution in [3.8, 4) is 28.0 Å². The van der Waals surface area contributed by atoms with Crippen LogP contribution >= 0.6 is 0 Å². The zero-order chi connectivity index (χ0) is 24.6. The second-order valence-electron chi connectivity index (χ2n) is 8.71. The molecule has 180 valence electrons. The molecule has 0 bridgehead atoms. The molecule has 0 aliphatic heterocycles. The van der Waals surface area contributed by atoms with E-state index in [2.05, 4.69) is 11.7 Å². The average Bonchev–Trinajstić information content (AvgIpc) is 2.76. The molecule has 1 fully saturated rings. The van der Waals surface area contributed by atoms with Crippen molar-refractivity contribution >= 4 is 0 Å². The van der Waals surface area contributed by atoms with E-state index in [1.165, 1.54) is 5.56 Å². The minimum atomic E-state index is -5.33. The Morgan fingerprint density at radius 3 is 1.68 bits per heavy atom. The summed E-state index contributed by atoms with van der Waals surface area (Å²) in [5.41, 5.74) is 0.602. The molecule has 1 nitrogen and oxygen atoms in total. The van der Waals surface area contributed by atoms with Crippen molar-refractivity contribution in [2.75, 3.05) is 0 Å². The van der Waals surface area contributed by atoms with Crippen molar-refractivity contribution in [3.63, 3.8) is 0 Å². The lowest BCUT2D eigenvalue weighted by Crippen LogP contribution is -2.19. The summed E-state index contributed by atoms with van der Waals surface area (Å²) in [7, 11) is 0. The molecule has 0 heterocycles. The second kappa shape index (κ2) is 9.31. The zero-order valence-electron chi connectivity index (χ0n) is 18.2. The Kier molecular flexibility index (Phi) is 6.60. The predicted molar refractivity (Wildman–Crippen MR) is 114 cm³/mol. The molecule has 8 heteroatoms. The van der Waals surface area contributed by atoms with E-state index in [0.717, 1.165) is 43.7 Å². The molecule has 1 aliphatic carbocycles. The van der Waals surface area contributed by atoms with E-state index in [1.54, 1.807) is 12.1 Å². The van der Waals surface area contributed by atoms with Crippen LogP contribution in [0, 0.1) is 29.2 Å². The maximum Gasteiger partial charge on any atom is 0.573 e. The van der Waals surface area contributed by atoms with E-state index in [9.17, 15) is 30.7 Å². The normalized spacial score (nSPS) is 18.7. The van der Waals surface area contributed by atoms with E-state index in [1.807, 2.05) is 12.1 Å². The number of benzene rings is 3. The first-order chi connectivity index (χ1) is 16.0. The summed E-state index contributed by atoms with van der Waals surface area (Å²) in [5, 5.41) is 0. The van der Waals surface area contributed by atoms with Crippen molar-refractivity contribution < 1.29 is 35.5 Å². The third kappa shape index (κ3) is 5.21. The summed E-state index contributed by atoms with van der Waals surface area (Å²) >= 11 is 0. The molecule has 3 aromatic carbocycles. The Balaban J connectivity index is 1.62. The molecule has 0 saturated heterocycles. The van der Waals surface area contributed by atoms with E-state index < -0.39 is 46.5 Å². The first kappa shape index (κ1) is 24.1. The molecule has 1 aliphatic rings. The summed E-state index contributed by atoms with van der Waals surface area (Å²) in [6.07, 6.45) is -0.813. The van der Waals surface area contributed by atoms with Gasteiger partial charge in [-0.2, -0.15) is 0 Å². The molecular weight excluding hydrogens is 461 g/mol. The Bertz CT molecular complexity index is 1130. The van der Waals surface area contributed by atoms with Crippen LogP contribution in [0.5, 0.6) is 5.75 Å². The zero-order valence-corrected chi connectivity index (χ0v) is 18.2. The smallest absolute Gasteiger partial charge is 0.399 e.